The fraction of sp³-hybridized carbons (Fsp3) is 0.287. The highest BCUT2D eigenvalue weighted by molar-refractivity contribution is 6.30. The molecule has 4 nitrogen and oxygen atoms in total. The minimum atomic E-state index is -4.43. The second-order valence-corrected chi connectivity index (χ2v) is 25.8. The van der Waals surface area contributed by atoms with Crippen molar-refractivity contribution in [1.82, 2.24) is 0 Å². The van der Waals surface area contributed by atoms with E-state index in [1.54, 1.807) is 33.1 Å². The van der Waals surface area contributed by atoms with Gasteiger partial charge in [0.2, 0.25) is 0 Å². The van der Waals surface area contributed by atoms with Crippen LogP contribution in [0.2, 0.25) is 5.02 Å². The summed E-state index contributed by atoms with van der Waals surface area (Å²) in [7, 11) is 1.60. The van der Waals surface area contributed by atoms with E-state index in [1.165, 1.54) is 55.5 Å². The predicted molar refractivity (Wildman–Crippen MR) is 362 cm³/mol. The molecule has 0 bridgehead atoms. The number of carbonyl (C=O) groups excluding carboxylic acids is 3. The van der Waals surface area contributed by atoms with Gasteiger partial charge in [-0.15, -0.1) is 0 Å². The van der Waals surface area contributed by atoms with Crippen LogP contribution in [0.1, 0.15) is 138 Å². The molecule has 0 saturated heterocycles. The molecule has 0 aliphatic carbocycles. The summed E-state index contributed by atoms with van der Waals surface area (Å²) in [5.74, 6) is 0.337. The third kappa shape index (κ3) is 20.4. The summed E-state index contributed by atoms with van der Waals surface area (Å²) in [6.07, 6.45) is -11.1. The van der Waals surface area contributed by atoms with Gasteiger partial charge in [-0.25, -0.2) is 4.39 Å². The van der Waals surface area contributed by atoms with Crippen LogP contribution in [0.15, 0.2) is 194 Å². The molecule has 0 amide bonds. The van der Waals surface area contributed by atoms with Crippen LogP contribution in [0.25, 0.3) is 66.8 Å². The lowest BCUT2D eigenvalue weighted by molar-refractivity contribution is -0.138. The molecule has 0 unspecified atom stereocenters. The Kier molecular flexibility index (Phi) is 24.7. The maximum atomic E-state index is 14.1. The number of benzene rings is 9. The number of aryl methyl sites for hydroxylation is 1. The van der Waals surface area contributed by atoms with Crippen LogP contribution in [0.5, 0.6) is 5.75 Å². The van der Waals surface area contributed by atoms with Crippen molar-refractivity contribution in [3.63, 3.8) is 0 Å². The Labute approximate surface area is 555 Å². The minimum absolute atomic E-state index is 0.00324. The first-order valence-corrected chi connectivity index (χ1v) is 31.6. The van der Waals surface area contributed by atoms with Gasteiger partial charge in [0.1, 0.15) is 28.9 Å². The number of ether oxygens (including phenoxy) is 1. The minimum Gasteiger partial charge on any atom is -0.497 e. The average molecular weight is 1330 g/mol. The zero-order chi connectivity index (χ0) is 69.9. The highest BCUT2D eigenvalue weighted by Crippen LogP contribution is 2.41. The first-order valence-electron chi connectivity index (χ1n) is 31.2. The molecule has 0 aromatic heterocycles. The van der Waals surface area contributed by atoms with E-state index in [2.05, 4.69) is 27.7 Å². The molecule has 9 aromatic carbocycles. The summed E-state index contributed by atoms with van der Waals surface area (Å²) in [5.41, 5.74) is 10.7. The van der Waals surface area contributed by atoms with Gasteiger partial charge in [-0.2, -0.15) is 39.5 Å². The Balaban J connectivity index is 0.000000201. The molecule has 0 N–H and O–H groups in total. The smallest absolute Gasteiger partial charge is 0.416 e. The summed E-state index contributed by atoms with van der Waals surface area (Å²) in [5, 5.41) is -0.00529. The Bertz CT molecular complexity index is 4070. The van der Waals surface area contributed by atoms with Crippen LogP contribution in [0.4, 0.5) is 43.9 Å². The van der Waals surface area contributed by atoms with E-state index >= 15 is 0 Å². The summed E-state index contributed by atoms with van der Waals surface area (Å²) < 4.78 is 136. The largest absolute Gasteiger partial charge is 0.497 e. The van der Waals surface area contributed by atoms with Crippen LogP contribution in [-0.4, -0.2) is 24.5 Å². The van der Waals surface area contributed by atoms with Gasteiger partial charge >= 0.3 is 18.5 Å². The van der Waals surface area contributed by atoms with Gasteiger partial charge in [0.05, 0.1) is 28.8 Å². The molecular formula is C80H77ClF10O4. The zero-order valence-corrected chi connectivity index (χ0v) is 55.6. The first kappa shape index (κ1) is 73.8. The second kappa shape index (κ2) is 31.7. The summed E-state index contributed by atoms with van der Waals surface area (Å²) in [6.45, 7) is 19.1. The van der Waals surface area contributed by atoms with Crippen molar-refractivity contribution in [2.24, 2.45) is 17.8 Å². The van der Waals surface area contributed by atoms with Crippen molar-refractivity contribution in [3.8, 4) is 72.5 Å². The van der Waals surface area contributed by atoms with Crippen molar-refractivity contribution in [2.75, 3.05) is 7.11 Å². The molecule has 15 heteroatoms. The number of carbonyl (C=O) groups is 3. The highest BCUT2D eigenvalue weighted by Gasteiger charge is 2.33. The third-order valence-corrected chi connectivity index (χ3v) is 16.7. The van der Waals surface area contributed by atoms with Gasteiger partial charge in [-0.3, -0.25) is 14.4 Å². The van der Waals surface area contributed by atoms with Gasteiger partial charge in [0.15, 0.2) is 0 Å². The predicted octanol–water partition coefficient (Wildman–Crippen LogP) is 24.4. The van der Waals surface area contributed by atoms with Crippen molar-refractivity contribution in [3.05, 3.63) is 244 Å². The quantitative estimate of drug-likeness (QED) is 0.0757. The van der Waals surface area contributed by atoms with Crippen LogP contribution in [-0.2, 0) is 32.9 Å². The number of ketones is 3. The highest BCUT2D eigenvalue weighted by atomic mass is 35.5. The normalized spacial score (nSPS) is 12.7. The van der Waals surface area contributed by atoms with Crippen molar-refractivity contribution < 1.29 is 63.0 Å². The number of Topliss-reactive ketones (excluding diaryl/α,β-unsaturated/α-hetero) is 3. The topological polar surface area (TPSA) is 60.4 Å². The lowest BCUT2D eigenvalue weighted by Crippen LogP contribution is -2.12. The van der Waals surface area contributed by atoms with E-state index in [0.717, 1.165) is 104 Å². The molecule has 9 rings (SSSR count). The fourth-order valence-electron chi connectivity index (χ4n) is 11.3. The van der Waals surface area contributed by atoms with Crippen molar-refractivity contribution in [2.45, 2.75) is 125 Å². The molecule has 498 valence electrons. The molecule has 0 fully saturated rings. The van der Waals surface area contributed by atoms with Crippen LogP contribution >= 0.6 is 11.6 Å². The van der Waals surface area contributed by atoms with E-state index in [0.29, 0.717) is 58.1 Å². The summed E-state index contributed by atoms with van der Waals surface area (Å²) in [6, 6.07) is 52.5. The van der Waals surface area contributed by atoms with Crippen molar-refractivity contribution in [1.29, 1.82) is 0 Å². The molecule has 9 aromatic rings. The van der Waals surface area contributed by atoms with E-state index in [9.17, 15) is 58.3 Å². The third-order valence-electron chi connectivity index (χ3n) is 16.4. The van der Waals surface area contributed by atoms with Crippen LogP contribution < -0.4 is 4.74 Å². The Hall–Kier alpha value is -8.62. The molecule has 95 heavy (non-hydrogen) atoms. The monoisotopic (exact) mass is 1330 g/mol. The zero-order valence-electron chi connectivity index (χ0n) is 54.9. The Morgan fingerprint density at radius 3 is 0.832 bits per heavy atom. The van der Waals surface area contributed by atoms with Gasteiger partial charge in [-0.05, 0) is 227 Å². The number of hydrogen-bond donors (Lipinski definition) is 0. The fourth-order valence-corrected chi connectivity index (χ4v) is 11.5. The maximum Gasteiger partial charge on any atom is 0.416 e. The number of halogens is 11. The van der Waals surface area contributed by atoms with Gasteiger partial charge in [0.25, 0.3) is 0 Å². The van der Waals surface area contributed by atoms with E-state index in [1.807, 2.05) is 118 Å². The van der Waals surface area contributed by atoms with Crippen molar-refractivity contribution >= 4 is 29.0 Å². The standard InChI is InChI=1S/C27H27F3O2.C27H27F3O.C26H23ClF4O/c1-17(2)13-26(18(3)31)23-15-21(19-5-9-24(10-6-19)27(28,29)30)14-22(16-23)20-7-11-25(32-4)12-8-20;1-17(2)13-26(19(4)31)24-15-22(20-7-5-18(3)6-8-20)14-23(16-24)21-9-11-25(12-10-21)27(28,29)30;1-15(2)10-23(16(3)32)21-12-19(17-4-7-22(8-5-17)26(29,30)31)11-20(13-21)18-6-9-24(27)25(28)14-18/h5-12,14-17,26H,13H2,1-4H3;5-12,14-17,26H,13H2,1-4H3;4-9,11-15,23H,10H2,1-3H3/t2*26-;23-/m011/s1. The summed E-state index contributed by atoms with van der Waals surface area (Å²) in [4.78, 5) is 37.3. The van der Waals surface area contributed by atoms with Gasteiger partial charge in [-0.1, -0.05) is 174 Å². The SMILES string of the molecule is CC(=O)[C@@H](CC(C)C)c1cc(-c2ccc(C(F)(F)F)cc2)cc(-c2ccc(Cl)c(F)c2)c1.CC(=O)[C@@H](CC(C)C)c1cc(-c2ccc(C)cc2)cc(-c2ccc(C(F)(F)F)cc2)c1.COc1ccc(-c2cc(-c3ccc(C(F)(F)F)cc3)cc([C@@H](CC(C)C)C(C)=O)c2)cc1. The molecule has 0 spiro atoms. The lowest BCUT2D eigenvalue weighted by Gasteiger charge is -2.19. The number of rotatable bonds is 19. The first-order chi connectivity index (χ1) is 44.6. The summed E-state index contributed by atoms with van der Waals surface area (Å²) >= 11 is 5.82. The number of methoxy groups -OCH3 is 1. The van der Waals surface area contributed by atoms with Crippen LogP contribution in [0.3, 0.4) is 0 Å². The Morgan fingerprint density at radius 2 is 0.600 bits per heavy atom. The molecule has 3 atom stereocenters. The van der Waals surface area contributed by atoms with E-state index in [4.69, 9.17) is 16.3 Å². The Morgan fingerprint density at radius 1 is 0.358 bits per heavy atom. The van der Waals surface area contributed by atoms with Crippen LogP contribution in [0, 0.1) is 30.5 Å². The average Bonchev–Trinajstić information content (AvgIpc) is 0.829. The molecule has 0 saturated carbocycles. The van der Waals surface area contributed by atoms with Gasteiger partial charge in [0, 0.05) is 17.8 Å². The number of hydrogen-bond acceptors (Lipinski definition) is 4. The van der Waals surface area contributed by atoms with Gasteiger partial charge < -0.3 is 4.74 Å². The molecule has 0 aliphatic heterocycles. The second-order valence-electron chi connectivity index (χ2n) is 25.4. The maximum absolute atomic E-state index is 14.1. The number of alkyl halides is 9. The lowest BCUT2D eigenvalue weighted by atomic mass is 9.84. The van der Waals surface area contributed by atoms with E-state index in [-0.39, 0.29) is 46.0 Å². The molecule has 0 heterocycles. The van der Waals surface area contributed by atoms with E-state index < -0.39 is 41.0 Å². The molecule has 0 aliphatic rings. The molecule has 0 radical (unpaired) electrons. The molecular weight excluding hydrogens is 1250 g/mol.